The summed E-state index contributed by atoms with van der Waals surface area (Å²) in [6, 6.07) is 5.68. The summed E-state index contributed by atoms with van der Waals surface area (Å²) in [5.74, 6) is 0.527. The summed E-state index contributed by atoms with van der Waals surface area (Å²) in [6.45, 7) is 6.78. The van der Waals surface area contributed by atoms with Crippen LogP contribution in [-0.4, -0.2) is 20.2 Å². The fraction of sp³-hybridized carbons (Fsp3) is 0.471. The number of ether oxygens (including phenoxy) is 1. The first-order chi connectivity index (χ1) is 11.4. The Labute approximate surface area is 142 Å². The standard InChI is InChI=1S/C17H22N2O4S/c1-11-4-5-14(12(2)8-11)13(3)19-24(20,21)10-16-15-9-22-7-6-17(15)23-18-16/h4-5,8,13,19H,6-7,9-10H2,1-3H3. The molecule has 0 bridgehead atoms. The number of nitrogens with zero attached hydrogens (tertiary/aromatic N) is 1. The Kier molecular flexibility index (Phi) is 4.76. The third kappa shape index (κ3) is 3.68. The Morgan fingerprint density at radius 3 is 2.88 bits per heavy atom. The summed E-state index contributed by atoms with van der Waals surface area (Å²) >= 11 is 0. The first-order valence-electron chi connectivity index (χ1n) is 7.97. The Morgan fingerprint density at radius 2 is 2.12 bits per heavy atom. The summed E-state index contributed by atoms with van der Waals surface area (Å²) in [4.78, 5) is 0. The molecule has 1 unspecified atom stereocenters. The molecule has 2 heterocycles. The summed E-state index contributed by atoms with van der Waals surface area (Å²) in [5, 5.41) is 3.92. The summed E-state index contributed by atoms with van der Waals surface area (Å²) in [6.07, 6.45) is 0.634. The highest BCUT2D eigenvalue weighted by molar-refractivity contribution is 7.88. The van der Waals surface area contributed by atoms with E-state index >= 15 is 0 Å². The fourth-order valence-electron chi connectivity index (χ4n) is 3.06. The zero-order valence-electron chi connectivity index (χ0n) is 14.1. The van der Waals surface area contributed by atoms with Gasteiger partial charge in [0.2, 0.25) is 10.0 Å². The molecule has 3 rings (SSSR count). The second-order valence-corrected chi connectivity index (χ2v) is 8.05. The monoisotopic (exact) mass is 350 g/mol. The molecule has 0 fully saturated rings. The number of sulfonamides is 1. The normalized spacial score (nSPS) is 16.0. The predicted molar refractivity (Wildman–Crippen MR) is 90.0 cm³/mol. The number of aryl methyl sites for hydroxylation is 2. The molecule has 24 heavy (non-hydrogen) atoms. The lowest BCUT2D eigenvalue weighted by molar-refractivity contribution is 0.102. The van der Waals surface area contributed by atoms with Crippen molar-refractivity contribution >= 4 is 10.0 Å². The minimum atomic E-state index is -3.54. The van der Waals surface area contributed by atoms with E-state index in [0.29, 0.717) is 25.3 Å². The molecule has 1 aliphatic heterocycles. The molecule has 1 aliphatic rings. The largest absolute Gasteiger partial charge is 0.376 e. The molecule has 0 saturated heterocycles. The van der Waals surface area contributed by atoms with E-state index in [4.69, 9.17) is 9.26 Å². The molecule has 0 saturated carbocycles. The molecule has 0 amide bonds. The topological polar surface area (TPSA) is 81.4 Å². The molecule has 7 heteroatoms. The summed E-state index contributed by atoms with van der Waals surface area (Å²) < 4.78 is 38.4. The van der Waals surface area contributed by atoms with Crippen molar-refractivity contribution in [2.75, 3.05) is 6.61 Å². The van der Waals surface area contributed by atoms with Crippen LogP contribution in [0.4, 0.5) is 0 Å². The van der Waals surface area contributed by atoms with E-state index in [1.807, 2.05) is 39.0 Å². The van der Waals surface area contributed by atoms with Crippen LogP contribution < -0.4 is 4.72 Å². The van der Waals surface area contributed by atoms with Crippen LogP contribution in [0, 0.1) is 13.8 Å². The van der Waals surface area contributed by atoms with Crippen LogP contribution in [0.2, 0.25) is 0 Å². The van der Waals surface area contributed by atoms with Gasteiger partial charge in [-0.3, -0.25) is 0 Å². The maximum absolute atomic E-state index is 12.5. The molecule has 0 aliphatic carbocycles. The van der Waals surface area contributed by atoms with E-state index in [-0.39, 0.29) is 11.8 Å². The average molecular weight is 350 g/mol. The summed E-state index contributed by atoms with van der Waals surface area (Å²) in [5.41, 5.74) is 4.39. The second kappa shape index (κ2) is 6.66. The fourth-order valence-corrected chi connectivity index (χ4v) is 4.40. The van der Waals surface area contributed by atoms with Gasteiger partial charge in [0.25, 0.3) is 0 Å². The van der Waals surface area contributed by atoms with Crippen molar-refractivity contribution in [3.63, 3.8) is 0 Å². The van der Waals surface area contributed by atoms with Crippen LogP contribution >= 0.6 is 0 Å². The van der Waals surface area contributed by atoms with Gasteiger partial charge in [-0.2, -0.15) is 0 Å². The molecular weight excluding hydrogens is 328 g/mol. The van der Waals surface area contributed by atoms with Crippen LogP contribution in [0.3, 0.4) is 0 Å². The van der Waals surface area contributed by atoms with Crippen molar-refractivity contribution in [3.05, 3.63) is 51.9 Å². The molecule has 0 radical (unpaired) electrons. The molecule has 1 N–H and O–H groups in total. The van der Waals surface area contributed by atoms with Gasteiger partial charge in [0.1, 0.15) is 17.2 Å². The van der Waals surface area contributed by atoms with Gasteiger partial charge in [-0.25, -0.2) is 13.1 Å². The lowest BCUT2D eigenvalue weighted by atomic mass is 10.0. The molecular formula is C17H22N2O4S. The van der Waals surface area contributed by atoms with Gasteiger partial charge in [0.05, 0.1) is 13.2 Å². The average Bonchev–Trinajstić information content (AvgIpc) is 2.89. The van der Waals surface area contributed by atoms with Gasteiger partial charge in [-0.1, -0.05) is 28.9 Å². The smallest absolute Gasteiger partial charge is 0.218 e. The van der Waals surface area contributed by atoms with E-state index in [0.717, 1.165) is 28.0 Å². The lowest BCUT2D eigenvalue weighted by Gasteiger charge is -2.17. The zero-order valence-corrected chi connectivity index (χ0v) is 14.9. The van der Waals surface area contributed by atoms with Crippen molar-refractivity contribution in [1.29, 1.82) is 0 Å². The van der Waals surface area contributed by atoms with Crippen LogP contribution in [0.25, 0.3) is 0 Å². The molecule has 2 aromatic rings. The first kappa shape index (κ1) is 17.1. The molecule has 0 spiro atoms. The maximum atomic E-state index is 12.5. The van der Waals surface area contributed by atoms with Gasteiger partial charge < -0.3 is 9.26 Å². The lowest BCUT2D eigenvalue weighted by Crippen LogP contribution is -2.29. The highest BCUT2D eigenvalue weighted by atomic mass is 32.2. The van der Waals surface area contributed by atoms with Crippen molar-refractivity contribution in [2.24, 2.45) is 0 Å². The SMILES string of the molecule is Cc1ccc(C(C)NS(=O)(=O)Cc2noc3c2COCC3)c(C)c1. The Balaban J connectivity index is 1.75. The molecule has 1 atom stereocenters. The maximum Gasteiger partial charge on any atom is 0.218 e. The van der Waals surface area contributed by atoms with E-state index < -0.39 is 10.0 Å². The van der Waals surface area contributed by atoms with Gasteiger partial charge >= 0.3 is 0 Å². The molecule has 1 aromatic heterocycles. The van der Waals surface area contributed by atoms with E-state index in [1.165, 1.54) is 0 Å². The van der Waals surface area contributed by atoms with E-state index in [9.17, 15) is 8.42 Å². The van der Waals surface area contributed by atoms with Crippen LogP contribution in [0.15, 0.2) is 22.7 Å². The Hall–Kier alpha value is -1.70. The third-order valence-electron chi connectivity index (χ3n) is 4.25. The van der Waals surface area contributed by atoms with Crippen molar-refractivity contribution in [3.8, 4) is 0 Å². The second-order valence-electron chi connectivity index (χ2n) is 6.29. The van der Waals surface area contributed by atoms with E-state index in [2.05, 4.69) is 9.88 Å². The summed E-state index contributed by atoms with van der Waals surface area (Å²) in [7, 11) is -3.54. The number of fused-ring (bicyclic) bond motifs is 1. The molecule has 1 aromatic carbocycles. The molecule has 130 valence electrons. The van der Waals surface area contributed by atoms with Crippen LogP contribution in [0.5, 0.6) is 0 Å². The zero-order chi connectivity index (χ0) is 17.3. The van der Waals surface area contributed by atoms with E-state index in [1.54, 1.807) is 0 Å². The van der Waals surface area contributed by atoms with Crippen LogP contribution in [-0.2, 0) is 33.5 Å². The number of hydrogen-bond acceptors (Lipinski definition) is 5. The third-order valence-corrected chi connectivity index (χ3v) is 5.61. The van der Waals surface area contributed by atoms with Crippen molar-refractivity contribution in [1.82, 2.24) is 9.88 Å². The Bertz CT molecular complexity index is 842. The van der Waals surface area contributed by atoms with Gasteiger partial charge in [0.15, 0.2) is 0 Å². The number of nitrogens with one attached hydrogen (secondary N) is 1. The Morgan fingerprint density at radius 1 is 1.33 bits per heavy atom. The highest BCUT2D eigenvalue weighted by Gasteiger charge is 2.25. The minimum absolute atomic E-state index is 0.204. The van der Waals surface area contributed by atoms with Crippen LogP contribution in [0.1, 0.15) is 46.7 Å². The quantitative estimate of drug-likeness (QED) is 0.896. The molecule has 6 nitrogen and oxygen atoms in total. The van der Waals surface area contributed by atoms with Gasteiger partial charge in [-0.15, -0.1) is 0 Å². The first-order valence-corrected chi connectivity index (χ1v) is 9.62. The highest BCUT2D eigenvalue weighted by Crippen LogP contribution is 2.23. The number of benzene rings is 1. The number of hydrogen-bond donors (Lipinski definition) is 1. The predicted octanol–water partition coefficient (Wildman–Crippen LogP) is 2.54. The number of aromatic nitrogens is 1. The van der Waals surface area contributed by atoms with Crippen molar-refractivity contribution < 1.29 is 17.7 Å². The van der Waals surface area contributed by atoms with Gasteiger partial charge in [0, 0.05) is 18.0 Å². The van der Waals surface area contributed by atoms with Crippen molar-refractivity contribution in [2.45, 2.75) is 45.6 Å². The van der Waals surface area contributed by atoms with Gasteiger partial charge in [-0.05, 0) is 31.9 Å². The number of rotatable bonds is 5. The minimum Gasteiger partial charge on any atom is -0.376 e.